The predicted molar refractivity (Wildman–Crippen MR) is 89.7 cm³/mol. The van der Waals surface area contributed by atoms with E-state index in [0.29, 0.717) is 5.82 Å². The first-order valence-electron chi connectivity index (χ1n) is 8.12. The van der Waals surface area contributed by atoms with Gasteiger partial charge in [-0.1, -0.05) is 6.42 Å². The predicted octanol–water partition coefficient (Wildman–Crippen LogP) is 2.91. The van der Waals surface area contributed by atoms with Crippen LogP contribution in [-0.4, -0.2) is 37.6 Å². The van der Waals surface area contributed by atoms with Crippen molar-refractivity contribution in [1.29, 1.82) is 0 Å². The highest BCUT2D eigenvalue weighted by atomic mass is 32.1. The third-order valence-electron chi connectivity index (χ3n) is 4.54. The fourth-order valence-corrected chi connectivity index (χ4v) is 4.00. The Hall–Kier alpha value is -1.76. The van der Waals surface area contributed by atoms with Crippen LogP contribution >= 0.6 is 11.3 Å². The Kier molecular flexibility index (Phi) is 4.48. The van der Waals surface area contributed by atoms with E-state index in [9.17, 15) is 4.79 Å². The summed E-state index contributed by atoms with van der Waals surface area (Å²) in [6, 6.07) is -0.0776. The van der Waals surface area contributed by atoms with Crippen molar-refractivity contribution >= 4 is 17.2 Å². The number of aryl methyl sites for hydroxylation is 3. The van der Waals surface area contributed by atoms with Crippen LogP contribution in [0, 0.1) is 13.8 Å². The van der Waals surface area contributed by atoms with Crippen LogP contribution in [-0.2, 0) is 13.0 Å². The molecule has 23 heavy (non-hydrogen) atoms. The van der Waals surface area contributed by atoms with Gasteiger partial charge >= 0.3 is 0 Å². The maximum atomic E-state index is 12.9. The summed E-state index contributed by atoms with van der Waals surface area (Å²) < 4.78 is 2.00. The van der Waals surface area contributed by atoms with Gasteiger partial charge in [-0.25, -0.2) is 4.98 Å². The molecule has 3 heterocycles. The highest BCUT2D eigenvalue weighted by Gasteiger charge is 2.27. The van der Waals surface area contributed by atoms with E-state index in [4.69, 9.17) is 0 Å². The van der Waals surface area contributed by atoms with Gasteiger partial charge in [0.05, 0.1) is 16.7 Å². The quantitative estimate of drug-likeness (QED) is 0.866. The Balaban J connectivity index is 1.85. The molecule has 1 aliphatic rings. The van der Waals surface area contributed by atoms with Crippen molar-refractivity contribution in [3.63, 3.8) is 0 Å². The lowest BCUT2D eigenvalue weighted by Gasteiger charge is -2.24. The summed E-state index contributed by atoms with van der Waals surface area (Å²) in [5.74, 6) is 1.32. The van der Waals surface area contributed by atoms with Crippen molar-refractivity contribution in [2.24, 2.45) is 0 Å². The molecule has 0 spiro atoms. The van der Waals surface area contributed by atoms with Gasteiger partial charge in [0, 0.05) is 24.9 Å². The average Bonchev–Trinajstić information content (AvgIpc) is 2.99. The van der Waals surface area contributed by atoms with E-state index in [1.165, 1.54) is 6.42 Å². The third-order valence-corrected chi connectivity index (χ3v) is 5.44. The normalized spacial score (nSPS) is 15.8. The SMILES string of the molecule is Cc1nc(C(C)N(C)C(=O)c2nnc3n2CCCCC3)c(C)s1. The second kappa shape index (κ2) is 6.39. The molecule has 7 heteroatoms. The molecule has 0 aliphatic carbocycles. The molecule has 6 nitrogen and oxygen atoms in total. The molecule has 2 aromatic rings. The van der Waals surface area contributed by atoms with Gasteiger partial charge in [-0.15, -0.1) is 21.5 Å². The molecule has 1 aliphatic heterocycles. The first-order valence-corrected chi connectivity index (χ1v) is 8.94. The molecule has 0 aromatic carbocycles. The molecular formula is C16H23N5OS. The zero-order chi connectivity index (χ0) is 16.6. The van der Waals surface area contributed by atoms with Gasteiger partial charge in [0.15, 0.2) is 0 Å². The maximum Gasteiger partial charge on any atom is 0.292 e. The highest BCUT2D eigenvalue weighted by molar-refractivity contribution is 7.11. The van der Waals surface area contributed by atoms with E-state index in [1.807, 2.05) is 25.5 Å². The van der Waals surface area contributed by atoms with Crippen LogP contribution in [0.25, 0.3) is 0 Å². The lowest BCUT2D eigenvalue weighted by atomic mass is 10.2. The molecule has 1 unspecified atom stereocenters. The van der Waals surface area contributed by atoms with Gasteiger partial charge in [-0.3, -0.25) is 4.79 Å². The van der Waals surface area contributed by atoms with E-state index in [1.54, 1.807) is 16.2 Å². The minimum Gasteiger partial charge on any atom is -0.331 e. The van der Waals surface area contributed by atoms with Gasteiger partial charge < -0.3 is 9.47 Å². The molecule has 1 amide bonds. The third kappa shape index (κ3) is 3.02. The first-order chi connectivity index (χ1) is 11.0. The number of nitrogens with zero attached hydrogens (tertiary/aromatic N) is 5. The first kappa shape index (κ1) is 16.1. The smallest absolute Gasteiger partial charge is 0.292 e. The van der Waals surface area contributed by atoms with E-state index < -0.39 is 0 Å². The number of hydrogen-bond donors (Lipinski definition) is 0. The summed E-state index contributed by atoms with van der Waals surface area (Å²) >= 11 is 1.67. The van der Waals surface area contributed by atoms with Crippen LogP contribution in [0.2, 0.25) is 0 Å². The van der Waals surface area contributed by atoms with E-state index >= 15 is 0 Å². The molecule has 1 atom stereocenters. The van der Waals surface area contributed by atoms with Crippen LogP contribution in [0.4, 0.5) is 0 Å². The number of carbonyl (C=O) groups excluding carboxylic acids is 1. The summed E-state index contributed by atoms with van der Waals surface area (Å²) in [5.41, 5.74) is 0.971. The summed E-state index contributed by atoms with van der Waals surface area (Å²) in [6.45, 7) is 6.89. The zero-order valence-electron chi connectivity index (χ0n) is 14.2. The van der Waals surface area contributed by atoms with Crippen molar-refractivity contribution in [2.45, 2.75) is 59.0 Å². The minimum absolute atomic E-state index is 0.0776. The molecule has 2 aromatic heterocycles. The maximum absolute atomic E-state index is 12.9. The molecule has 0 saturated carbocycles. The second-order valence-electron chi connectivity index (χ2n) is 6.17. The fourth-order valence-electron chi connectivity index (χ4n) is 3.09. The summed E-state index contributed by atoms with van der Waals surface area (Å²) in [4.78, 5) is 20.4. The summed E-state index contributed by atoms with van der Waals surface area (Å²) in [6.07, 6.45) is 4.29. The lowest BCUT2D eigenvalue weighted by molar-refractivity contribution is 0.0721. The molecule has 124 valence electrons. The summed E-state index contributed by atoms with van der Waals surface area (Å²) in [7, 11) is 1.82. The van der Waals surface area contributed by atoms with Crippen molar-refractivity contribution in [3.8, 4) is 0 Å². The number of carbonyl (C=O) groups is 1. The highest BCUT2D eigenvalue weighted by Crippen LogP contribution is 2.27. The Bertz CT molecular complexity index is 720. The Morgan fingerprint density at radius 2 is 2.04 bits per heavy atom. The van der Waals surface area contributed by atoms with Gasteiger partial charge in [-0.05, 0) is 33.6 Å². The monoisotopic (exact) mass is 333 g/mol. The number of thiazole rings is 1. The van der Waals surface area contributed by atoms with Crippen LogP contribution in [0.1, 0.15) is 64.3 Å². The number of aromatic nitrogens is 4. The van der Waals surface area contributed by atoms with E-state index in [-0.39, 0.29) is 11.9 Å². The Morgan fingerprint density at radius 3 is 2.74 bits per heavy atom. The van der Waals surface area contributed by atoms with Crippen molar-refractivity contribution in [2.75, 3.05) is 7.05 Å². The number of rotatable bonds is 3. The zero-order valence-corrected chi connectivity index (χ0v) is 15.0. The minimum atomic E-state index is -0.0804. The molecule has 3 rings (SSSR count). The summed E-state index contributed by atoms with van der Waals surface area (Å²) in [5, 5.41) is 9.42. The van der Waals surface area contributed by atoms with E-state index in [0.717, 1.165) is 47.2 Å². The van der Waals surface area contributed by atoms with Crippen LogP contribution in [0.5, 0.6) is 0 Å². The second-order valence-corrected chi connectivity index (χ2v) is 7.58. The van der Waals surface area contributed by atoms with E-state index in [2.05, 4.69) is 22.1 Å². The molecule has 0 radical (unpaired) electrons. The number of fused-ring (bicyclic) bond motifs is 1. The Morgan fingerprint density at radius 1 is 1.26 bits per heavy atom. The standard InChI is InChI=1S/C16H23N5OS/c1-10(14-11(2)23-12(3)17-14)20(4)16(22)15-19-18-13-8-6-5-7-9-21(13)15/h10H,5-9H2,1-4H3. The largest absolute Gasteiger partial charge is 0.331 e. The van der Waals surface area contributed by atoms with Gasteiger partial charge in [0.25, 0.3) is 5.91 Å². The lowest BCUT2D eigenvalue weighted by Crippen LogP contribution is -2.32. The molecule has 0 fully saturated rings. The van der Waals surface area contributed by atoms with Crippen molar-refractivity contribution in [1.82, 2.24) is 24.6 Å². The molecule has 0 saturated heterocycles. The Labute approximate surface area is 140 Å². The van der Waals surface area contributed by atoms with Gasteiger partial charge in [0.1, 0.15) is 5.82 Å². The molecule has 0 N–H and O–H groups in total. The molecule has 0 bridgehead atoms. The van der Waals surface area contributed by atoms with Crippen LogP contribution < -0.4 is 0 Å². The van der Waals surface area contributed by atoms with Crippen LogP contribution in [0.15, 0.2) is 0 Å². The van der Waals surface area contributed by atoms with Gasteiger partial charge in [0.2, 0.25) is 5.82 Å². The van der Waals surface area contributed by atoms with Crippen LogP contribution in [0.3, 0.4) is 0 Å². The average molecular weight is 333 g/mol. The number of hydrogen-bond acceptors (Lipinski definition) is 5. The topological polar surface area (TPSA) is 63.9 Å². The number of amides is 1. The fraction of sp³-hybridized carbons (Fsp3) is 0.625. The van der Waals surface area contributed by atoms with Crippen molar-refractivity contribution in [3.05, 3.63) is 27.2 Å². The van der Waals surface area contributed by atoms with Gasteiger partial charge in [-0.2, -0.15) is 0 Å². The van der Waals surface area contributed by atoms with Crippen molar-refractivity contribution < 1.29 is 4.79 Å². The molecular weight excluding hydrogens is 310 g/mol.